The summed E-state index contributed by atoms with van der Waals surface area (Å²) < 4.78 is 65.6. The Morgan fingerprint density at radius 1 is 0.927 bits per heavy atom. The Bertz CT molecular complexity index is 1430. The molecule has 0 aromatic heterocycles. The van der Waals surface area contributed by atoms with E-state index in [0.29, 0.717) is 0 Å². The van der Waals surface area contributed by atoms with Gasteiger partial charge in [-0.1, -0.05) is 66.2 Å². The largest absolute Gasteiger partial charge is 0.416 e. The van der Waals surface area contributed by atoms with Crippen LogP contribution in [0, 0.1) is 6.92 Å². The van der Waals surface area contributed by atoms with Crippen molar-refractivity contribution in [2.45, 2.75) is 44.9 Å². The van der Waals surface area contributed by atoms with Crippen LogP contribution in [0.4, 0.5) is 18.9 Å². The Balaban J connectivity index is 1.85. The minimum atomic E-state index is -4.64. The van der Waals surface area contributed by atoms with Gasteiger partial charge in [0.05, 0.1) is 17.5 Å². The third-order valence-corrected chi connectivity index (χ3v) is 7.80. The number of alkyl halides is 3. The molecule has 0 aliphatic heterocycles. The molecule has 0 fully saturated rings. The normalized spacial score (nSPS) is 12.4. The van der Waals surface area contributed by atoms with Gasteiger partial charge in [0.25, 0.3) is 0 Å². The van der Waals surface area contributed by atoms with Crippen LogP contribution in [0.1, 0.15) is 35.1 Å². The van der Waals surface area contributed by atoms with Gasteiger partial charge in [-0.2, -0.15) is 13.2 Å². The molecular weight excluding hydrogens is 555 g/mol. The van der Waals surface area contributed by atoms with Crippen molar-refractivity contribution in [1.82, 2.24) is 10.2 Å². The summed E-state index contributed by atoms with van der Waals surface area (Å²) in [6.07, 6.45) is -3.57. The van der Waals surface area contributed by atoms with Crippen LogP contribution in [0.3, 0.4) is 0 Å². The number of nitrogens with one attached hydrogen (secondary N) is 1. The van der Waals surface area contributed by atoms with Gasteiger partial charge in [-0.3, -0.25) is 13.9 Å². The van der Waals surface area contributed by atoms with E-state index in [1.165, 1.54) is 18.0 Å². The van der Waals surface area contributed by atoms with Gasteiger partial charge in [-0.05, 0) is 42.7 Å². The summed E-state index contributed by atoms with van der Waals surface area (Å²) in [5, 5.41) is 2.64. The average molecular weight is 590 g/mol. The molecule has 0 spiro atoms. The first-order valence-electron chi connectivity index (χ1n) is 13.0. The van der Waals surface area contributed by atoms with Gasteiger partial charge >= 0.3 is 6.18 Å². The van der Waals surface area contributed by atoms with E-state index in [1.807, 2.05) is 61.5 Å². The highest BCUT2D eigenvalue weighted by atomic mass is 32.2. The van der Waals surface area contributed by atoms with Crippen LogP contribution in [0.25, 0.3) is 0 Å². The highest BCUT2D eigenvalue weighted by molar-refractivity contribution is 7.92. The fourth-order valence-electron chi connectivity index (χ4n) is 4.45. The summed E-state index contributed by atoms with van der Waals surface area (Å²) in [5.41, 5.74) is 1.59. The number of rotatable bonds is 12. The number of anilines is 1. The lowest BCUT2D eigenvalue weighted by molar-refractivity contribution is -0.141. The van der Waals surface area contributed by atoms with E-state index in [4.69, 9.17) is 0 Å². The zero-order valence-electron chi connectivity index (χ0n) is 23.2. The van der Waals surface area contributed by atoms with Crippen molar-refractivity contribution < 1.29 is 31.2 Å². The number of sulfonamides is 1. The maximum Gasteiger partial charge on any atom is 0.416 e. The number of benzene rings is 3. The Morgan fingerprint density at radius 2 is 1.59 bits per heavy atom. The molecule has 11 heteroatoms. The van der Waals surface area contributed by atoms with Crippen LogP contribution < -0.4 is 9.62 Å². The van der Waals surface area contributed by atoms with E-state index < -0.39 is 27.8 Å². The number of nitrogens with zero attached hydrogens (tertiary/aromatic N) is 2. The lowest BCUT2D eigenvalue weighted by atomic mass is 10.0. The molecular formula is C30H34F3N3O4S. The molecule has 0 aliphatic carbocycles. The first kappa shape index (κ1) is 31.7. The predicted molar refractivity (Wildman–Crippen MR) is 153 cm³/mol. The van der Waals surface area contributed by atoms with Crippen molar-refractivity contribution in [2.75, 3.05) is 24.2 Å². The second kappa shape index (κ2) is 13.7. The number of likely N-dealkylation sites (N-methyl/N-ethyl adjacent to an activating group) is 1. The van der Waals surface area contributed by atoms with Crippen LogP contribution in [0.15, 0.2) is 78.9 Å². The van der Waals surface area contributed by atoms with Crippen molar-refractivity contribution in [2.24, 2.45) is 0 Å². The first-order chi connectivity index (χ1) is 19.3. The molecule has 220 valence electrons. The molecule has 0 bridgehead atoms. The van der Waals surface area contributed by atoms with Gasteiger partial charge in [-0.25, -0.2) is 8.42 Å². The van der Waals surface area contributed by atoms with Gasteiger partial charge in [0, 0.05) is 33.0 Å². The van der Waals surface area contributed by atoms with Crippen molar-refractivity contribution >= 4 is 27.5 Å². The molecule has 3 rings (SSSR count). The molecule has 7 nitrogen and oxygen atoms in total. The van der Waals surface area contributed by atoms with Crippen LogP contribution in [-0.4, -0.2) is 51.0 Å². The molecule has 41 heavy (non-hydrogen) atoms. The third-order valence-electron chi connectivity index (χ3n) is 6.60. The molecule has 3 aromatic carbocycles. The van der Waals surface area contributed by atoms with E-state index in [9.17, 15) is 31.2 Å². The molecule has 0 unspecified atom stereocenters. The Hall–Kier alpha value is -3.86. The first-order valence-corrected chi connectivity index (χ1v) is 14.9. The highest BCUT2D eigenvalue weighted by Crippen LogP contribution is 2.32. The summed E-state index contributed by atoms with van der Waals surface area (Å²) >= 11 is 0. The fourth-order valence-corrected chi connectivity index (χ4v) is 5.41. The van der Waals surface area contributed by atoms with E-state index in [-0.39, 0.29) is 49.9 Å². The number of hydrogen-bond donors (Lipinski definition) is 1. The fraction of sp³-hybridized carbons (Fsp3) is 0.333. The maximum atomic E-state index is 13.6. The number of aryl methyl sites for hydroxylation is 1. The Kier molecular flexibility index (Phi) is 10.6. The predicted octanol–water partition coefficient (Wildman–Crippen LogP) is 4.95. The molecule has 1 atom stereocenters. The zero-order chi connectivity index (χ0) is 30.2. The van der Waals surface area contributed by atoms with E-state index in [2.05, 4.69) is 5.32 Å². The number of carbonyl (C=O) groups is 2. The summed E-state index contributed by atoms with van der Waals surface area (Å²) in [4.78, 5) is 28.2. The molecule has 0 saturated heterocycles. The highest BCUT2D eigenvalue weighted by Gasteiger charge is 2.32. The van der Waals surface area contributed by atoms with Crippen molar-refractivity contribution in [3.8, 4) is 0 Å². The number of halogens is 3. The summed E-state index contributed by atoms with van der Waals surface area (Å²) in [6, 6.07) is 20.0. The summed E-state index contributed by atoms with van der Waals surface area (Å²) in [7, 11) is -2.45. The minimum Gasteiger partial charge on any atom is -0.357 e. The van der Waals surface area contributed by atoms with Crippen molar-refractivity contribution in [3.63, 3.8) is 0 Å². The van der Waals surface area contributed by atoms with E-state index in [1.54, 1.807) is 0 Å². The smallest absolute Gasteiger partial charge is 0.357 e. The average Bonchev–Trinajstić information content (AvgIpc) is 2.93. The van der Waals surface area contributed by atoms with Crippen LogP contribution in [0.2, 0.25) is 0 Å². The molecule has 1 N–H and O–H groups in total. The molecule has 0 heterocycles. The Morgan fingerprint density at radius 3 is 2.17 bits per heavy atom. The minimum absolute atomic E-state index is 0.0261. The number of amides is 2. The van der Waals surface area contributed by atoms with E-state index >= 15 is 0 Å². The monoisotopic (exact) mass is 589 g/mol. The van der Waals surface area contributed by atoms with Gasteiger partial charge in [0.15, 0.2) is 0 Å². The molecule has 3 aromatic rings. The summed E-state index contributed by atoms with van der Waals surface area (Å²) in [5.74, 6) is -0.733. The topological polar surface area (TPSA) is 86.8 Å². The lowest BCUT2D eigenvalue weighted by Crippen LogP contribution is -2.49. The second-order valence-electron chi connectivity index (χ2n) is 9.81. The van der Waals surface area contributed by atoms with Crippen molar-refractivity contribution in [3.05, 3.63) is 101 Å². The molecule has 0 aliphatic rings. The van der Waals surface area contributed by atoms with Crippen LogP contribution in [-0.2, 0) is 38.8 Å². The molecule has 0 saturated carbocycles. The maximum absolute atomic E-state index is 13.6. The Labute approximate surface area is 239 Å². The molecule has 2 amide bonds. The summed E-state index contributed by atoms with van der Waals surface area (Å²) in [6.45, 7) is 1.87. The van der Waals surface area contributed by atoms with Gasteiger partial charge < -0.3 is 10.2 Å². The standard InChI is InChI=1S/C30H34F3N3O4S/c1-22-14-16-24(17-15-22)21-35(27(29(38)34-2)19-23-9-5-4-6-10-23)28(37)13-8-18-36(41(3,39)40)26-12-7-11-25(20-26)30(31,32)33/h4-7,9-12,14-17,20,27H,8,13,18-19,21H2,1-3H3,(H,34,38)/t27-/m1/s1. The van der Waals surface area contributed by atoms with Gasteiger partial charge in [0.1, 0.15) is 6.04 Å². The SMILES string of the molecule is CNC(=O)[C@@H](Cc1ccccc1)N(Cc1ccc(C)cc1)C(=O)CCCN(c1cccc(C(F)(F)F)c1)S(C)(=O)=O. The van der Waals surface area contributed by atoms with Gasteiger partial charge in [-0.15, -0.1) is 0 Å². The number of hydrogen-bond acceptors (Lipinski definition) is 4. The lowest BCUT2D eigenvalue weighted by Gasteiger charge is -2.31. The zero-order valence-corrected chi connectivity index (χ0v) is 24.0. The molecule has 0 radical (unpaired) electrons. The third kappa shape index (κ3) is 9.07. The van der Waals surface area contributed by atoms with E-state index in [0.717, 1.165) is 45.5 Å². The van der Waals surface area contributed by atoms with Crippen LogP contribution >= 0.6 is 0 Å². The van der Waals surface area contributed by atoms with Crippen molar-refractivity contribution in [1.29, 1.82) is 0 Å². The van der Waals surface area contributed by atoms with Gasteiger partial charge in [0.2, 0.25) is 21.8 Å². The number of carbonyl (C=O) groups excluding carboxylic acids is 2. The van der Waals surface area contributed by atoms with Crippen LogP contribution in [0.5, 0.6) is 0 Å². The quantitative estimate of drug-likeness (QED) is 0.324. The second-order valence-corrected chi connectivity index (χ2v) is 11.7.